The van der Waals surface area contributed by atoms with Gasteiger partial charge < -0.3 is 10.0 Å². The Morgan fingerprint density at radius 3 is 2.42 bits per heavy atom. The summed E-state index contributed by atoms with van der Waals surface area (Å²) in [6, 6.07) is 21.3. The smallest absolute Gasteiger partial charge is 0.272 e. The van der Waals surface area contributed by atoms with Crippen LogP contribution in [0.2, 0.25) is 0 Å². The van der Waals surface area contributed by atoms with Crippen molar-refractivity contribution in [2.24, 2.45) is 5.92 Å². The van der Waals surface area contributed by atoms with Crippen LogP contribution in [0.25, 0.3) is 10.9 Å². The first-order chi connectivity index (χ1) is 12.7. The largest absolute Gasteiger partial charge is 0.388 e. The number of pyridine rings is 1. The Bertz CT molecular complexity index is 902. The molecule has 1 aliphatic heterocycles. The van der Waals surface area contributed by atoms with E-state index < -0.39 is 6.10 Å². The summed E-state index contributed by atoms with van der Waals surface area (Å²) in [6.45, 7) is 1.31. The molecule has 0 aliphatic carbocycles. The Balaban J connectivity index is 1.43. The predicted molar refractivity (Wildman–Crippen MR) is 102 cm³/mol. The van der Waals surface area contributed by atoms with Gasteiger partial charge in [-0.15, -0.1) is 0 Å². The van der Waals surface area contributed by atoms with Gasteiger partial charge in [-0.25, -0.2) is 4.98 Å². The summed E-state index contributed by atoms with van der Waals surface area (Å²) in [6.07, 6.45) is 1.14. The van der Waals surface area contributed by atoms with Crippen molar-refractivity contribution >= 4 is 16.8 Å². The van der Waals surface area contributed by atoms with E-state index in [9.17, 15) is 9.90 Å². The Morgan fingerprint density at radius 1 is 0.962 bits per heavy atom. The zero-order valence-electron chi connectivity index (χ0n) is 14.6. The van der Waals surface area contributed by atoms with Crippen LogP contribution in [0, 0.1) is 5.92 Å². The van der Waals surface area contributed by atoms with Crippen LogP contribution in [0.3, 0.4) is 0 Å². The quantitative estimate of drug-likeness (QED) is 0.784. The van der Waals surface area contributed by atoms with Crippen molar-refractivity contribution in [2.45, 2.75) is 18.9 Å². The lowest BCUT2D eigenvalue weighted by Crippen LogP contribution is -2.40. The Morgan fingerprint density at radius 2 is 1.65 bits per heavy atom. The van der Waals surface area contributed by atoms with E-state index in [0.29, 0.717) is 18.8 Å². The molecule has 26 heavy (non-hydrogen) atoms. The number of piperidine rings is 1. The Labute approximate surface area is 153 Å². The molecule has 1 fully saturated rings. The summed E-state index contributed by atoms with van der Waals surface area (Å²) in [4.78, 5) is 19.2. The molecule has 132 valence electrons. The zero-order chi connectivity index (χ0) is 17.9. The van der Waals surface area contributed by atoms with Gasteiger partial charge in [0, 0.05) is 18.5 Å². The minimum Gasteiger partial charge on any atom is -0.388 e. The lowest BCUT2D eigenvalue weighted by molar-refractivity contribution is 0.0459. The Hall–Kier alpha value is -2.72. The molecule has 0 radical (unpaired) electrons. The summed E-state index contributed by atoms with van der Waals surface area (Å²) in [5, 5.41) is 11.6. The number of para-hydroxylation sites is 1. The normalized spacial score (nSPS) is 16.6. The average Bonchev–Trinajstić information content (AvgIpc) is 2.73. The second kappa shape index (κ2) is 7.26. The minimum absolute atomic E-state index is 0.0246. The Kier molecular flexibility index (Phi) is 4.67. The van der Waals surface area contributed by atoms with Crippen LogP contribution in [0.1, 0.15) is 35.0 Å². The fraction of sp³-hybridized carbons (Fsp3) is 0.273. The van der Waals surface area contributed by atoms with E-state index in [1.807, 2.05) is 65.6 Å². The number of carbonyl (C=O) groups excluding carboxylic acids is 1. The molecule has 1 amide bonds. The molecule has 0 unspecified atom stereocenters. The first-order valence-corrected chi connectivity index (χ1v) is 9.10. The van der Waals surface area contributed by atoms with Crippen LogP contribution in [0.4, 0.5) is 0 Å². The molecule has 0 spiro atoms. The number of aliphatic hydroxyl groups is 1. The van der Waals surface area contributed by atoms with Gasteiger partial charge in [0.1, 0.15) is 5.69 Å². The fourth-order valence-electron chi connectivity index (χ4n) is 3.69. The lowest BCUT2D eigenvalue weighted by Gasteiger charge is -2.34. The molecule has 4 heteroatoms. The molecule has 1 aliphatic rings. The number of benzene rings is 2. The van der Waals surface area contributed by atoms with E-state index in [4.69, 9.17) is 0 Å². The average molecular weight is 346 g/mol. The topological polar surface area (TPSA) is 53.4 Å². The lowest BCUT2D eigenvalue weighted by atomic mass is 9.87. The number of aliphatic hydroxyl groups excluding tert-OH is 1. The summed E-state index contributed by atoms with van der Waals surface area (Å²) in [5.41, 5.74) is 2.28. The van der Waals surface area contributed by atoms with E-state index >= 15 is 0 Å². The minimum atomic E-state index is -0.466. The van der Waals surface area contributed by atoms with Crippen LogP contribution in [0.15, 0.2) is 66.7 Å². The van der Waals surface area contributed by atoms with Gasteiger partial charge in [-0.1, -0.05) is 54.6 Å². The van der Waals surface area contributed by atoms with Crippen molar-refractivity contribution in [3.8, 4) is 0 Å². The molecule has 0 bridgehead atoms. The van der Waals surface area contributed by atoms with Crippen molar-refractivity contribution in [2.75, 3.05) is 13.1 Å². The van der Waals surface area contributed by atoms with Crippen molar-refractivity contribution in [3.63, 3.8) is 0 Å². The van der Waals surface area contributed by atoms with Crippen molar-refractivity contribution in [1.82, 2.24) is 9.88 Å². The number of hydrogen-bond donors (Lipinski definition) is 1. The highest BCUT2D eigenvalue weighted by atomic mass is 16.3. The number of aromatic nitrogens is 1. The van der Waals surface area contributed by atoms with E-state index in [2.05, 4.69) is 4.98 Å². The number of carbonyl (C=O) groups is 1. The maximum absolute atomic E-state index is 12.8. The molecule has 2 aromatic carbocycles. The van der Waals surface area contributed by atoms with Crippen LogP contribution in [-0.4, -0.2) is 34.0 Å². The highest BCUT2D eigenvalue weighted by Crippen LogP contribution is 2.31. The fourth-order valence-corrected chi connectivity index (χ4v) is 3.69. The van der Waals surface area contributed by atoms with Crippen LogP contribution >= 0.6 is 0 Å². The number of rotatable bonds is 3. The standard InChI is InChI=1S/C22H22N2O2/c25-21(17-7-2-1-3-8-17)18-12-14-24(15-13-18)22(26)20-11-10-16-6-4-5-9-19(16)23-20/h1-11,18,21,25H,12-15H2/t21-/m1/s1. The second-order valence-corrected chi connectivity index (χ2v) is 6.87. The molecule has 4 nitrogen and oxygen atoms in total. The third-order valence-corrected chi connectivity index (χ3v) is 5.23. The van der Waals surface area contributed by atoms with Gasteiger partial charge in [-0.2, -0.15) is 0 Å². The number of fused-ring (bicyclic) bond motifs is 1. The van der Waals surface area contributed by atoms with Crippen molar-refractivity contribution in [1.29, 1.82) is 0 Å². The van der Waals surface area contributed by atoms with Gasteiger partial charge >= 0.3 is 0 Å². The number of likely N-dealkylation sites (tertiary alicyclic amines) is 1. The molecular weight excluding hydrogens is 324 g/mol. The van der Waals surface area contributed by atoms with Crippen molar-refractivity contribution in [3.05, 3.63) is 78.0 Å². The molecule has 1 N–H and O–H groups in total. The van der Waals surface area contributed by atoms with Gasteiger partial charge in [0.2, 0.25) is 0 Å². The monoisotopic (exact) mass is 346 g/mol. The first kappa shape index (κ1) is 16.7. The predicted octanol–water partition coefficient (Wildman–Crippen LogP) is 3.82. The molecule has 1 aromatic heterocycles. The van der Waals surface area contributed by atoms with Gasteiger partial charge in [-0.3, -0.25) is 4.79 Å². The molecule has 1 saturated heterocycles. The van der Waals surface area contributed by atoms with Gasteiger partial charge in [0.15, 0.2) is 0 Å². The van der Waals surface area contributed by atoms with Gasteiger partial charge in [0.25, 0.3) is 5.91 Å². The number of nitrogens with zero attached hydrogens (tertiary/aromatic N) is 2. The van der Waals surface area contributed by atoms with E-state index in [0.717, 1.165) is 29.3 Å². The molecule has 2 heterocycles. The zero-order valence-corrected chi connectivity index (χ0v) is 14.6. The summed E-state index contributed by atoms with van der Waals surface area (Å²) in [7, 11) is 0. The molecule has 0 saturated carbocycles. The maximum atomic E-state index is 12.8. The van der Waals surface area contributed by atoms with Crippen molar-refractivity contribution < 1.29 is 9.90 Å². The second-order valence-electron chi connectivity index (χ2n) is 6.87. The first-order valence-electron chi connectivity index (χ1n) is 9.10. The SMILES string of the molecule is O=C(c1ccc2ccccc2n1)N1CCC([C@H](O)c2ccccc2)CC1. The van der Waals surface area contributed by atoms with Crippen LogP contribution < -0.4 is 0 Å². The van der Waals surface area contributed by atoms with Gasteiger partial charge in [-0.05, 0) is 36.5 Å². The van der Waals surface area contributed by atoms with E-state index in [1.54, 1.807) is 6.07 Å². The molecular formula is C22H22N2O2. The molecule has 3 aromatic rings. The highest BCUT2D eigenvalue weighted by Gasteiger charge is 2.29. The highest BCUT2D eigenvalue weighted by molar-refractivity contribution is 5.94. The summed E-state index contributed by atoms with van der Waals surface area (Å²) in [5.74, 6) is 0.161. The van der Waals surface area contributed by atoms with E-state index in [-0.39, 0.29) is 11.8 Å². The number of amides is 1. The van der Waals surface area contributed by atoms with Crippen LogP contribution in [-0.2, 0) is 0 Å². The number of hydrogen-bond acceptors (Lipinski definition) is 3. The molecule has 1 atom stereocenters. The summed E-state index contributed by atoms with van der Waals surface area (Å²) < 4.78 is 0. The van der Waals surface area contributed by atoms with Crippen LogP contribution in [0.5, 0.6) is 0 Å². The molecule has 4 rings (SSSR count). The maximum Gasteiger partial charge on any atom is 0.272 e. The van der Waals surface area contributed by atoms with E-state index in [1.165, 1.54) is 0 Å². The third kappa shape index (κ3) is 3.33. The van der Waals surface area contributed by atoms with Gasteiger partial charge in [0.05, 0.1) is 11.6 Å². The third-order valence-electron chi connectivity index (χ3n) is 5.23. The summed E-state index contributed by atoms with van der Waals surface area (Å²) >= 11 is 0.